The normalized spacial score (nSPS) is 10.8. The average molecular weight is 390 g/mol. The van der Waals surface area contributed by atoms with Crippen LogP contribution in [0.5, 0.6) is 0 Å². The van der Waals surface area contributed by atoms with Crippen molar-refractivity contribution in [3.63, 3.8) is 0 Å². The van der Waals surface area contributed by atoms with Crippen molar-refractivity contribution in [1.82, 2.24) is 15.3 Å². The molecule has 7 heteroatoms. The van der Waals surface area contributed by atoms with Crippen LogP contribution in [0.25, 0.3) is 11.4 Å². The summed E-state index contributed by atoms with van der Waals surface area (Å²) in [5.41, 5.74) is 2.29. The first-order valence-corrected chi connectivity index (χ1v) is 8.89. The predicted molar refractivity (Wildman–Crippen MR) is 100 cm³/mol. The number of aromatic nitrogens is 2. The van der Waals surface area contributed by atoms with Crippen molar-refractivity contribution in [1.29, 1.82) is 0 Å². The van der Waals surface area contributed by atoms with Gasteiger partial charge in [-0.15, -0.1) is 0 Å². The first-order chi connectivity index (χ1) is 13.0. The van der Waals surface area contributed by atoms with Crippen molar-refractivity contribution in [3.8, 4) is 11.4 Å². The van der Waals surface area contributed by atoms with Crippen LogP contribution in [-0.4, -0.2) is 22.4 Å². The van der Waals surface area contributed by atoms with Gasteiger partial charge in [0.1, 0.15) is 17.5 Å². The second-order valence-electron chi connectivity index (χ2n) is 6.14. The molecular weight excluding hydrogens is 372 g/mol. The molecule has 1 aromatic heterocycles. The second kappa shape index (κ2) is 8.77. The van der Waals surface area contributed by atoms with E-state index in [0.717, 1.165) is 23.1 Å². The van der Waals surface area contributed by atoms with Gasteiger partial charge in [0.05, 0.1) is 0 Å². The van der Waals surface area contributed by atoms with Gasteiger partial charge in [-0.3, -0.25) is 4.79 Å². The lowest BCUT2D eigenvalue weighted by Crippen LogP contribution is -2.26. The quantitative estimate of drug-likeness (QED) is 0.633. The highest BCUT2D eigenvalue weighted by molar-refractivity contribution is 6.30. The Labute approximate surface area is 160 Å². The summed E-state index contributed by atoms with van der Waals surface area (Å²) in [7, 11) is 0. The van der Waals surface area contributed by atoms with Crippen molar-refractivity contribution in [2.75, 3.05) is 6.54 Å². The fraction of sp³-hybridized carbons (Fsp3) is 0.200. The SMILES string of the molecule is O=C(CCc1cc(F)cc(F)c1)NCCc1cnc(-c2ccc(Cl)cc2)[nH]1. The molecule has 0 aliphatic carbocycles. The molecular formula is C20H18ClF2N3O. The Morgan fingerprint density at radius 3 is 2.48 bits per heavy atom. The maximum absolute atomic E-state index is 13.1. The van der Waals surface area contributed by atoms with Gasteiger partial charge in [0, 0.05) is 47.9 Å². The Morgan fingerprint density at radius 1 is 1.07 bits per heavy atom. The predicted octanol–water partition coefficient (Wildman–Crippen LogP) is 4.30. The minimum atomic E-state index is -0.638. The lowest BCUT2D eigenvalue weighted by molar-refractivity contribution is -0.121. The molecule has 1 heterocycles. The van der Waals surface area contributed by atoms with E-state index in [0.29, 0.717) is 23.6 Å². The number of imidazole rings is 1. The summed E-state index contributed by atoms with van der Waals surface area (Å²) in [4.78, 5) is 19.4. The highest BCUT2D eigenvalue weighted by atomic mass is 35.5. The molecule has 0 bridgehead atoms. The zero-order valence-corrected chi connectivity index (χ0v) is 15.2. The molecule has 0 saturated carbocycles. The van der Waals surface area contributed by atoms with Crippen LogP contribution < -0.4 is 5.32 Å². The number of aromatic amines is 1. The molecule has 4 nitrogen and oxygen atoms in total. The number of nitrogens with one attached hydrogen (secondary N) is 2. The average Bonchev–Trinajstić information content (AvgIpc) is 3.09. The third-order valence-corrected chi connectivity index (χ3v) is 4.28. The number of carbonyl (C=O) groups excluding carboxylic acids is 1. The van der Waals surface area contributed by atoms with Crippen LogP contribution in [0.3, 0.4) is 0 Å². The molecule has 3 aromatic rings. The van der Waals surface area contributed by atoms with Gasteiger partial charge in [-0.2, -0.15) is 0 Å². The maximum Gasteiger partial charge on any atom is 0.220 e. The molecule has 2 N–H and O–H groups in total. The summed E-state index contributed by atoms with van der Waals surface area (Å²) in [5.74, 6) is -0.708. The first kappa shape index (κ1) is 19.0. The molecule has 140 valence electrons. The van der Waals surface area contributed by atoms with E-state index < -0.39 is 11.6 Å². The molecule has 0 fully saturated rings. The number of benzene rings is 2. The van der Waals surface area contributed by atoms with E-state index >= 15 is 0 Å². The van der Waals surface area contributed by atoms with Crippen LogP contribution in [-0.2, 0) is 17.6 Å². The van der Waals surface area contributed by atoms with Crippen LogP contribution in [0.2, 0.25) is 5.02 Å². The zero-order valence-electron chi connectivity index (χ0n) is 14.4. The molecule has 0 atom stereocenters. The minimum Gasteiger partial charge on any atom is -0.356 e. The smallest absolute Gasteiger partial charge is 0.220 e. The topological polar surface area (TPSA) is 57.8 Å². The van der Waals surface area contributed by atoms with Crippen molar-refractivity contribution in [3.05, 3.63) is 76.6 Å². The molecule has 0 saturated heterocycles. The molecule has 0 aliphatic rings. The van der Waals surface area contributed by atoms with E-state index in [9.17, 15) is 13.6 Å². The Balaban J connectivity index is 1.44. The fourth-order valence-electron chi connectivity index (χ4n) is 2.68. The van der Waals surface area contributed by atoms with E-state index in [2.05, 4.69) is 15.3 Å². The van der Waals surface area contributed by atoms with Crippen LogP contribution in [0.15, 0.2) is 48.7 Å². The first-order valence-electron chi connectivity index (χ1n) is 8.51. The van der Waals surface area contributed by atoms with Gasteiger partial charge in [0.2, 0.25) is 5.91 Å². The highest BCUT2D eigenvalue weighted by Crippen LogP contribution is 2.18. The van der Waals surface area contributed by atoms with Crippen LogP contribution in [0.1, 0.15) is 17.7 Å². The number of H-pyrrole nitrogens is 1. The van der Waals surface area contributed by atoms with Crippen molar-refractivity contribution >= 4 is 17.5 Å². The number of halogens is 3. The summed E-state index contributed by atoms with van der Waals surface area (Å²) < 4.78 is 26.3. The van der Waals surface area contributed by atoms with Gasteiger partial charge in [-0.25, -0.2) is 13.8 Å². The van der Waals surface area contributed by atoms with E-state index in [1.165, 1.54) is 12.1 Å². The van der Waals surface area contributed by atoms with Crippen LogP contribution >= 0.6 is 11.6 Å². The number of hydrogen-bond acceptors (Lipinski definition) is 2. The summed E-state index contributed by atoms with van der Waals surface area (Å²) >= 11 is 5.87. The lowest BCUT2D eigenvalue weighted by Gasteiger charge is -2.05. The largest absolute Gasteiger partial charge is 0.356 e. The van der Waals surface area contributed by atoms with Gasteiger partial charge in [-0.05, 0) is 48.4 Å². The third-order valence-electron chi connectivity index (χ3n) is 4.03. The van der Waals surface area contributed by atoms with E-state index in [4.69, 9.17) is 11.6 Å². The van der Waals surface area contributed by atoms with Crippen LogP contribution in [0, 0.1) is 11.6 Å². The number of aryl methyl sites for hydroxylation is 1. The Kier molecular flexibility index (Phi) is 6.19. The second-order valence-corrected chi connectivity index (χ2v) is 6.58. The summed E-state index contributed by atoms with van der Waals surface area (Å²) in [6.07, 6.45) is 2.78. The van der Waals surface area contributed by atoms with Crippen LogP contribution in [0.4, 0.5) is 8.78 Å². The summed E-state index contributed by atoms with van der Waals surface area (Å²) in [6, 6.07) is 10.6. The molecule has 1 amide bonds. The number of hydrogen-bond donors (Lipinski definition) is 2. The van der Waals surface area contributed by atoms with E-state index in [1.54, 1.807) is 18.3 Å². The lowest BCUT2D eigenvalue weighted by atomic mass is 10.1. The highest BCUT2D eigenvalue weighted by Gasteiger charge is 2.07. The molecule has 27 heavy (non-hydrogen) atoms. The molecule has 0 spiro atoms. The van der Waals surface area contributed by atoms with Crippen molar-refractivity contribution < 1.29 is 13.6 Å². The Hall–Kier alpha value is -2.73. The van der Waals surface area contributed by atoms with Gasteiger partial charge < -0.3 is 10.3 Å². The monoisotopic (exact) mass is 389 g/mol. The zero-order chi connectivity index (χ0) is 19.2. The fourth-order valence-corrected chi connectivity index (χ4v) is 2.80. The van der Waals surface area contributed by atoms with Crippen molar-refractivity contribution in [2.45, 2.75) is 19.3 Å². The number of nitrogens with zero attached hydrogens (tertiary/aromatic N) is 1. The van der Waals surface area contributed by atoms with Gasteiger partial charge in [-0.1, -0.05) is 11.6 Å². The Morgan fingerprint density at radius 2 is 1.78 bits per heavy atom. The number of rotatable bonds is 7. The molecule has 0 aliphatic heterocycles. The van der Waals surface area contributed by atoms with Gasteiger partial charge >= 0.3 is 0 Å². The molecule has 0 radical (unpaired) electrons. The summed E-state index contributed by atoms with van der Waals surface area (Å²) in [6.45, 7) is 0.443. The molecule has 2 aromatic carbocycles. The Bertz CT molecular complexity index is 905. The molecule has 3 rings (SSSR count). The maximum atomic E-state index is 13.1. The van der Waals surface area contributed by atoms with E-state index in [1.807, 2.05) is 12.1 Å². The number of carbonyl (C=O) groups is 1. The molecule has 0 unspecified atom stereocenters. The summed E-state index contributed by atoms with van der Waals surface area (Å²) in [5, 5.41) is 3.46. The van der Waals surface area contributed by atoms with E-state index in [-0.39, 0.29) is 18.7 Å². The third kappa shape index (κ3) is 5.62. The minimum absolute atomic E-state index is 0.169. The van der Waals surface area contributed by atoms with Crippen molar-refractivity contribution in [2.24, 2.45) is 0 Å². The van der Waals surface area contributed by atoms with Gasteiger partial charge in [0.25, 0.3) is 0 Å². The standard InChI is InChI=1S/C20H18ClF2N3O/c21-15-4-2-14(3-5-15)20-25-12-18(26-20)7-8-24-19(27)6-1-13-9-16(22)11-17(23)10-13/h2-5,9-12H,1,6-8H2,(H,24,27)(H,25,26). The van der Waals surface area contributed by atoms with Gasteiger partial charge in [0.15, 0.2) is 0 Å². The number of amides is 1.